The fourth-order valence-corrected chi connectivity index (χ4v) is 1.71. The molecule has 0 fully saturated rings. The minimum Gasteiger partial charge on any atom is -0.300 e. The standard InChI is InChI=1S/C9H18N2S/c1-5-11-9(3,7-10)6-8(2)12-4/h8,11H,5-6H2,1-4H3. The molecule has 2 unspecified atom stereocenters. The van der Waals surface area contributed by atoms with Crippen molar-refractivity contribution in [3.05, 3.63) is 0 Å². The molecule has 0 aromatic carbocycles. The number of nitrogens with zero attached hydrogens (tertiary/aromatic N) is 1. The van der Waals surface area contributed by atoms with Crippen molar-refractivity contribution in [2.24, 2.45) is 0 Å². The second kappa shape index (κ2) is 5.45. The van der Waals surface area contributed by atoms with Crippen LogP contribution in [0.2, 0.25) is 0 Å². The Morgan fingerprint density at radius 3 is 2.58 bits per heavy atom. The lowest BCUT2D eigenvalue weighted by molar-refractivity contribution is 0.429. The average Bonchev–Trinajstić information content (AvgIpc) is 2.05. The van der Waals surface area contributed by atoms with Crippen LogP contribution >= 0.6 is 11.8 Å². The van der Waals surface area contributed by atoms with Gasteiger partial charge in [0.15, 0.2) is 0 Å². The molecule has 0 aliphatic carbocycles. The summed E-state index contributed by atoms with van der Waals surface area (Å²) in [5.74, 6) is 0. The summed E-state index contributed by atoms with van der Waals surface area (Å²) < 4.78 is 0. The first-order chi connectivity index (χ1) is 5.58. The molecule has 0 radical (unpaired) electrons. The SMILES string of the molecule is CCNC(C)(C#N)CC(C)SC. The third-order valence-electron chi connectivity index (χ3n) is 1.91. The minimum absolute atomic E-state index is 0.350. The predicted octanol–water partition coefficient (Wildman–Crippen LogP) is 2.02. The van der Waals surface area contributed by atoms with Gasteiger partial charge in [-0.2, -0.15) is 17.0 Å². The maximum absolute atomic E-state index is 8.94. The molecule has 0 spiro atoms. The Balaban J connectivity index is 4.06. The monoisotopic (exact) mass is 186 g/mol. The van der Waals surface area contributed by atoms with Crippen molar-refractivity contribution in [2.45, 2.75) is 38.0 Å². The summed E-state index contributed by atoms with van der Waals surface area (Å²) in [6.07, 6.45) is 2.98. The fraction of sp³-hybridized carbons (Fsp3) is 0.889. The Labute approximate surface area is 79.7 Å². The highest BCUT2D eigenvalue weighted by Gasteiger charge is 2.24. The summed E-state index contributed by atoms with van der Waals surface area (Å²) in [7, 11) is 0. The van der Waals surface area contributed by atoms with E-state index in [-0.39, 0.29) is 5.54 Å². The number of thioether (sulfide) groups is 1. The van der Waals surface area contributed by atoms with Crippen LogP contribution in [0.4, 0.5) is 0 Å². The molecule has 0 heterocycles. The van der Waals surface area contributed by atoms with E-state index in [2.05, 4.69) is 24.6 Å². The van der Waals surface area contributed by atoms with Gasteiger partial charge in [0.05, 0.1) is 6.07 Å². The summed E-state index contributed by atoms with van der Waals surface area (Å²) in [5, 5.41) is 12.7. The van der Waals surface area contributed by atoms with Crippen LogP contribution in [0, 0.1) is 11.3 Å². The molecule has 0 saturated heterocycles. The molecule has 0 aliphatic heterocycles. The molecule has 70 valence electrons. The van der Waals surface area contributed by atoms with Gasteiger partial charge in [0.1, 0.15) is 5.54 Å². The van der Waals surface area contributed by atoms with Crippen molar-refractivity contribution in [1.29, 1.82) is 5.26 Å². The van der Waals surface area contributed by atoms with Gasteiger partial charge in [-0.25, -0.2) is 0 Å². The van der Waals surface area contributed by atoms with Gasteiger partial charge in [0, 0.05) is 5.25 Å². The van der Waals surface area contributed by atoms with E-state index in [0.29, 0.717) is 5.25 Å². The van der Waals surface area contributed by atoms with Gasteiger partial charge in [-0.15, -0.1) is 0 Å². The maximum atomic E-state index is 8.94. The number of hydrogen-bond acceptors (Lipinski definition) is 3. The van der Waals surface area contributed by atoms with Crippen LogP contribution in [0.1, 0.15) is 27.2 Å². The number of rotatable bonds is 5. The zero-order valence-electron chi connectivity index (χ0n) is 8.35. The Morgan fingerprint density at radius 2 is 2.25 bits per heavy atom. The first-order valence-corrected chi connectivity index (χ1v) is 5.56. The number of nitrogens with one attached hydrogen (secondary N) is 1. The van der Waals surface area contributed by atoms with E-state index in [0.717, 1.165) is 13.0 Å². The minimum atomic E-state index is -0.350. The lowest BCUT2D eigenvalue weighted by Gasteiger charge is -2.25. The fourth-order valence-electron chi connectivity index (χ4n) is 1.21. The Morgan fingerprint density at radius 1 is 1.67 bits per heavy atom. The van der Waals surface area contributed by atoms with E-state index in [4.69, 9.17) is 5.26 Å². The van der Waals surface area contributed by atoms with Gasteiger partial charge in [-0.3, -0.25) is 5.32 Å². The molecule has 2 nitrogen and oxygen atoms in total. The van der Waals surface area contributed by atoms with Crippen LogP contribution in [0.3, 0.4) is 0 Å². The second-order valence-corrected chi connectivity index (χ2v) is 4.50. The van der Waals surface area contributed by atoms with Gasteiger partial charge in [-0.05, 0) is 26.1 Å². The van der Waals surface area contributed by atoms with E-state index in [1.807, 2.05) is 13.8 Å². The molecule has 0 aromatic heterocycles. The van der Waals surface area contributed by atoms with E-state index < -0.39 is 0 Å². The summed E-state index contributed by atoms with van der Waals surface area (Å²) in [5.41, 5.74) is -0.350. The molecule has 3 heteroatoms. The molecule has 0 saturated carbocycles. The molecule has 1 N–H and O–H groups in total. The van der Waals surface area contributed by atoms with E-state index in [9.17, 15) is 0 Å². The number of hydrogen-bond donors (Lipinski definition) is 1. The van der Waals surface area contributed by atoms with Crippen LogP contribution in [-0.4, -0.2) is 23.6 Å². The topological polar surface area (TPSA) is 35.8 Å². The van der Waals surface area contributed by atoms with Gasteiger partial charge in [0.25, 0.3) is 0 Å². The number of nitriles is 1. The van der Waals surface area contributed by atoms with Crippen LogP contribution in [0.15, 0.2) is 0 Å². The van der Waals surface area contributed by atoms with E-state index in [1.165, 1.54) is 0 Å². The summed E-state index contributed by atoms with van der Waals surface area (Å²) in [4.78, 5) is 0. The van der Waals surface area contributed by atoms with Crippen LogP contribution in [0.25, 0.3) is 0 Å². The van der Waals surface area contributed by atoms with E-state index in [1.54, 1.807) is 11.8 Å². The lowest BCUT2D eigenvalue weighted by Crippen LogP contribution is -2.42. The Hall–Kier alpha value is -0.200. The van der Waals surface area contributed by atoms with Crippen molar-refractivity contribution in [1.82, 2.24) is 5.32 Å². The lowest BCUT2D eigenvalue weighted by atomic mass is 9.98. The van der Waals surface area contributed by atoms with Crippen molar-refractivity contribution >= 4 is 11.8 Å². The normalized spacial score (nSPS) is 17.9. The third-order valence-corrected chi connectivity index (χ3v) is 2.88. The molecule has 0 aromatic rings. The molecule has 2 atom stereocenters. The van der Waals surface area contributed by atoms with Crippen molar-refractivity contribution in [3.8, 4) is 6.07 Å². The maximum Gasteiger partial charge on any atom is 0.104 e. The molecule has 0 amide bonds. The molecule has 12 heavy (non-hydrogen) atoms. The van der Waals surface area contributed by atoms with Crippen molar-refractivity contribution in [2.75, 3.05) is 12.8 Å². The molecular formula is C9H18N2S. The summed E-state index contributed by atoms with van der Waals surface area (Å²) >= 11 is 1.80. The third kappa shape index (κ3) is 3.99. The molecule has 0 aliphatic rings. The first kappa shape index (κ1) is 11.8. The highest BCUT2D eigenvalue weighted by Crippen LogP contribution is 2.18. The molecule has 0 bridgehead atoms. The zero-order chi connectivity index (χ0) is 9.61. The van der Waals surface area contributed by atoms with Crippen molar-refractivity contribution in [3.63, 3.8) is 0 Å². The Kier molecular flexibility index (Phi) is 5.36. The second-order valence-electron chi connectivity index (χ2n) is 3.22. The smallest absolute Gasteiger partial charge is 0.104 e. The van der Waals surface area contributed by atoms with Gasteiger partial charge in [0.2, 0.25) is 0 Å². The summed E-state index contributed by atoms with van der Waals surface area (Å²) in [6.45, 7) is 6.99. The molecule has 0 rings (SSSR count). The highest BCUT2D eigenvalue weighted by atomic mass is 32.2. The average molecular weight is 186 g/mol. The largest absolute Gasteiger partial charge is 0.300 e. The first-order valence-electron chi connectivity index (χ1n) is 4.27. The highest BCUT2D eigenvalue weighted by molar-refractivity contribution is 7.99. The quantitative estimate of drug-likeness (QED) is 0.713. The molecular weight excluding hydrogens is 168 g/mol. The van der Waals surface area contributed by atoms with Crippen LogP contribution in [0.5, 0.6) is 0 Å². The van der Waals surface area contributed by atoms with Crippen LogP contribution < -0.4 is 5.32 Å². The predicted molar refractivity (Wildman–Crippen MR) is 55.3 cm³/mol. The van der Waals surface area contributed by atoms with E-state index >= 15 is 0 Å². The zero-order valence-corrected chi connectivity index (χ0v) is 9.16. The Bertz CT molecular complexity index is 164. The van der Waals surface area contributed by atoms with Gasteiger partial charge in [-0.1, -0.05) is 13.8 Å². The van der Waals surface area contributed by atoms with Gasteiger partial charge < -0.3 is 0 Å². The summed E-state index contributed by atoms with van der Waals surface area (Å²) in [6, 6.07) is 2.32. The van der Waals surface area contributed by atoms with Crippen LogP contribution in [-0.2, 0) is 0 Å². The van der Waals surface area contributed by atoms with Gasteiger partial charge >= 0.3 is 0 Å². The van der Waals surface area contributed by atoms with Crippen molar-refractivity contribution < 1.29 is 0 Å².